The third kappa shape index (κ3) is 0.816. The van der Waals surface area contributed by atoms with Crippen molar-refractivity contribution in [3.63, 3.8) is 0 Å². The Balaban J connectivity index is 2.88. The number of cyclic esters (lactones) is 1. The summed E-state index contributed by atoms with van der Waals surface area (Å²) in [6.07, 6.45) is 1.53. The summed E-state index contributed by atoms with van der Waals surface area (Å²) in [6, 6.07) is 0. The standard InChI is InChI=1S/C5H3BrO2/c1-3-2-4(6)5(7)8-3/h2H,1H2. The van der Waals surface area contributed by atoms with Crippen LogP contribution in [0.4, 0.5) is 0 Å². The van der Waals surface area contributed by atoms with Crippen LogP contribution in [0.1, 0.15) is 0 Å². The molecule has 1 heterocycles. The Morgan fingerprint density at radius 2 is 2.38 bits per heavy atom. The Kier molecular flexibility index (Phi) is 1.21. The zero-order chi connectivity index (χ0) is 6.15. The first-order valence-corrected chi connectivity index (χ1v) is 2.78. The molecular formula is C5H3BrO2. The number of rotatable bonds is 0. The molecule has 3 heteroatoms. The normalized spacial score (nSPS) is 18.4. The fourth-order valence-electron chi connectivity index (χ4n) is 0.398. The lowest BCUT2D eigenvalue weighted by Crippen LogP contribution is -1.91. The van der Waals surface area contributed by atoms with E-state index in [0.717, 1.165) is 0 Å². The molecule has 1 aliphatic heterocycles. The molecule has 0 bridgehead atoms. The van der Waals surface area contributed by atoms with Gasteiger partial charge in [-0.3, -0.25) is 0 Å². The van der Waals surface area contributed by atoms with Crippen molar-refractivity contribution >= 4 is 21.9 Å². The predicted octanol–water partition coefficient (Wildman–Crippen LogP) is 1.34. The lowest BCUT2D eigenvalue weighted by Gasteiger charge is -1.87. The van der Waals surface area contributed by atoms with Crippen LogP contribution in [0.3, 0.4) is 0 Å². The lowest BCUT2D eigenvalue weighted by molar-refractivity contribution is -0.132. The van der Waals surface area contributed by atoms with Gasteiger partial charge in [-0.25, -0.2) is 4.79 Å². The molecule has 0 radical (unpaired) electrons. The van der Waals surface area contributed by atoms with E-state index in [1.54, 1.807) is 0 Å². The van der Waals surface area contributed by atoms with Crippen LogP contribution in [0.2, 0.25) is 0 Å². The summed E-state index contributed by atoms with van der Waals surface area (Å²) in [5.74, 6) is 0.0249. The number of carbonyl (C=O) groups excluding carboxylic acids is 1. The molecule has 0 aromatic heterocycles. The van der Waals surface area contributed by atoms with Gasteiger partial charge in [-0.05, 0) is 15.9 Å². The number of hydrogen-bond donors (Lipinski definition) is 0. The summed E-state index contributed by atoms with van der Waals surface area (Å²) in [7, 11) is 0. The molecule has 2 nitrogen and oxygen atoms in total. The van der Waals surface area contributed by atoms with Gasteiger partial charge in [-0.1, -0.05) is 6.58 Å². The average Bonchev–Trinajstić information content (AvgIpc) is 1.85. The van der Waals surface area contributed by atoms with Crippen LogP contribution in [0, 0.1) is 0 Å². The van der Waals surface area contributed by atoms with E-state index in [9.17, 15) is 4.79 Å². The maximum Gasteiger partial charge on any atom is 0.350 e. The molecule has 8 heavy (non-hydrogen) atoms. The van der Waals surface area contributed by atoms with Gasteiger partial charge >= 0.3 is 5.97 Å². The van der Waals surface area contributed by atoms with Gasteiger partial charge in [-0.2, -0.15) is 0 Å². The van der Waals surface area contributed by atoms with Crippen molar-refractivity contribution in [2.24, 2.45) is 0 Å². The van der Waals surface area contributed by atoms with E-state index < -0.39 is 0 Å². The second-order valence-corrected chi connectivity index (χ2v) is 2.20. The molecule has 0 aliphatic carbocycles. The van der Waals surface area contributed by atoms with Gasteiger partial charge in [0.1, 0.15) is 10.2 Å². The zero-order valence-corrected chi connectivity index (χ0v) is 5.56. The quantitative estimate of drug-likeness (QED) is 0.519. The lowest BCUT2D eigenvalue weighted by atomic mass is 10.5. The number of esters is 1. The monoisotopic (exact) mass is 174 g/mol. The highest BCUT2D eigenvalue weighted by atomic mass is 79.9. The number of ether oxygens (including phenoxy) is 1. The van der Waals surface area contributed by atoms with Crippen LogP contribution in [0.15, 0.2) is 22.9 Å². The molecule has 0 amide bonds. The van der Waals surface area contributed by atoms with Crippen molar-refractivity contribution < 1.29 is 9.53 Å². The number of halogens is 1. The molecule has 0 atom stereocenters. The van der Waals surface area contributed by atoms with Crippen LogP contribution < -0.4 is 0 Å². The van der Waals surface area contributed by atoms with Crippen LogP contribution in [0.25, 0.3) is 0 Å². The zero-order valence-electron chi connectivity index (χ0n) is 3.98. The first-order chi connectivity index (χ1) is 3.70. The molecule has 0 N–H and O–H groups in total. The Morgan fingerprint density at radius 3 is 2.50 bits per heavy atom. The highest BCUT2D eigenvalue weighted by molar-refractivity contribution is 9.12. The fraction of sp³-hybridized carbons (Fsp3) is 0. The third-order valence-corrected chi connectivity index (χ3v) is 1.26. The molecule has 42 valence electrons. The molecule has 0 aromatic rings. The van der Waals surface area contributed by atoms with Crippen LogP contribution in [-0.2, 0) is 9.53 Å². The summed E-state index contributed by atoms with van der Waals surface area (Å²) in [4.78, 5) is 10.4. The summed E-state index contributed by atoms with van der Waals surface area (Å²) in [5.41, 5.74) is 0. The van der Waals surface area contributed by atoms with Crippen molar-refractivity contribution in [3.05, 3.63) is 22.9 Å². The summed E-state index contributed by atoms with van der Waals surface area (Å²) < 4.78 is 4.93. The van der Waals surface area contributed by atoms with E-state index in [-0.39, 0.29) is 5.97 Å². The van der Waals surface area contributed by atoms with Gasteiger partial charge in [0.15, 0.2) is 0 Å². The molecular weight excluding hydrogens is 172 g/mol. The fourth-order valence-corrected chi connectivity index (χ4v) is 0.734. The van der Waals surface area contributed by atoms with Crippen molar-refractivity contribution in [3.8, 4) is 0 Å². The van der Waals surface area contributed by atoms with Crippen molar-refractivity contribution in [1.82, 2.24) is 0 Å². The Hall–Kier alpha value is -0.570. The van der Waals surface area contributed by atoms with Crippen molar-refractivity contribution in [2.75, 3.05) is 0 Å². The average molecular weight is 175 g/mol. The summed E-state index contributed by atoms with van der Waals surface area (Å²) >= 11 is 2.97. The van der Waals surface area contributed by atoms with Gasteiger partial charge in [0.25, 0.3) is 0 Å². The van der Waals surface area contributed by atoms with Crippen molar-refractivity contribution in [2.45, 2.75) is 0 Å². The molecule has 0 saturated carbocycles. The number of hydrogen-bond acceptors (Lipinski definition) is 2. The molecule has 0 fully saturated rings. The van der Waals surface area contributed by atoms with Gasteiger partial charge in [0.2, 0.25) is 0 Å². The Morgan fingerprint density at radius 1 is 1.75 bits per heavy atom. The minimum absolute atomic E-state index is 0.366. The smallest absolute Gasteiger partial charge is 0.350 e. The predicted molar refractivity (Wildman–Crippen MR) is 32.2 cm³/mol. The first kappa shape index (κ1) is 5.56. The van der Waals surface area contributed by atoms with Crippen LogP contribution in [0.5, 0.6) is 0 Å². The molecule has 0 aromatic carbocycles. The van der Waals surface area contributed by atoms with E-state index in [2.05, 4.69) is 27.2 Å². The molecule has 1 aliphatic rings. The van der Waals surface area contributed by atoms with Crippen LogP contribution >= 0.6 is 15.9 Å². The van der Waals surface area contributed by atoms with Crippen LogP contribution in [-0.4, -0.2) is 5.97 Å². The first-order valence-electron chi connectivity index (χ1n) is 1.98. The molecule has 0 saturated heterocycles. The van der Waals surface area contributed by atoms with E-state index in [4.69, 9.17) is 0 Å². The van der Waals surface area contributed by atoms with Gasteiger partial charge in [0.05, 0.1) is 0 Å². The summed E-state index contributed by atoms with van der Waals surface area (Å²) in [6.45, 7) is 3.41. The highest BCUT2D eigenvalue weighted by Crippen LogP contribution is 2.19. The van der Waals surface area contributed by atoms with E-state index >= 15 is 0 Å². The second-order valence-electron chi connectivity index (χ2n) is 1.35. The molecule has 1 rings (SSSR count). The largest absolute Gasteiger partial charge is 0.423 e. The topological polar surface area (TPSA) is 26.3 Å². The summed E-state index contributed by atoms with van der Waals surface area (Å²) in [5, 5.41) is 0. The number of allylic oxidation sites excluding steroid dienone is 1. The van der Waals surface area contributed by atoms with Gasteiger partial charge in [-0.15, -0.1) is 0 Å². The van der Waals surface area contributed by atoms with Gasteiger partial charge < -0.3 is 4.74 Å². The molecule has 0 spiro atoms. The maximum atomic E-state index is 10.4. The maximum absolute atomic E-state index is 10.4. The third-order valence-electron chi connectivity index (χ3n) is 0.707. The SMILES string of the molecule is C=C1C=C(Br)C(=O)O1. The second kappa shape index (κ2) is 1.74. The Labute approximate surface area is 55.0 Å². The minimum Gasteiger partial charge on any atom is -0.423 e. The van der Waals surface area contributed by atoms with Crippen molar-refractivity contribution in [1.29, 1.82) is 0 Å². The van der Waals surface area contributed by atoms with E-state index in [1.165, 1.54) is 6.08 Å². The molecule has 0 unspecified atom stereocenters. The Bertz CT molecular complexity index is 181. The van der Waals surface area contributed by atoms with E-state index in [1.807, 2.05) is 0 Å². The van der Waals surface area contributed by atoms with E-state index in [0.29, 0.717) is 10.2 Å². The number of carbonyl (C=O) groups is 1. The highest BCUT2D eigenvalue weighted by Gasteiger charge is 2.15. The van der Waals surface area contributed by atoms with Gasteiger partial charge in [0, 0.05) is 6.08 Å². The minimum atomic E-state index is -0.366.